The molecule has 0 aliphatic heterocycles. The summed E-state index contributed by atoms with van der Waals surface area (Å²) in [4.78, 5) is 4.43. The molecule has 0 aliphatic rings. The summed E-state index contributed by atoms with van der Waals surface area (Å²) in [5.41, 5.74) is 1.28. The Labute approximate surface area is 112 Å². The van der Waals surface area contributed by atoms with Crippen LogP contribution in [0.4, 0.5) is 0 Å². The van der Waals surface area contributed by atoms with Crippen molar-refractivity contribution in [1.29, 1.82) is 0 Å². The summed E-state index contributed by atoms with van der Waals surface area (Å²) in [7, 11) is 0. The summed E-state index contributed by atoms with van der Waals surface area (Å²) in [6, 6.07) is 0. The average molecular weight is 264 g/mol. The lowest BCUT2D eigenvalue weighted by Crippen LogP contribution is -2.12. The van der Waals surface area contributed by atoms with Crippen LogP contribution in [0.5, 0.6) is 0 Å². The van der Waals surface area contributed by atoms with Crippen molar-refractivity contribution in [2.24, 2.45) is 0 Å². The molecule has 0 spiro atoms. The maximum Gasteiger partial charge on any atom is 0.199 e. The van der Waals surface area contributed by atoms with Crippen LogP contribution < -0.4 is 0 Å². The zero-order valence-corrected chi connectivity index (χ0v) is 11.8. The average Bonchev–Trinajstić information content (AvgIpc) is 2.97. The van der Waals surface area contributed by atoms with Crippen LogP contribution in [0.15, 0.2) is 16.9 Å². The van der Waals surface area contributed by atoms with Gasteiger partial charge in [0, 0.05) is 5.41 Å². The minimum absolute atomic E-state index is 0.107. The Morgan fingerprint density at radius 3 is 2.74 bits per heavy atom. The molecule has 1 atom stereocenters. The SMILES string of the molecule is CCC(O)c1cn(Cc2coc(C(C)(C)C)n2)nn1. The second kappa shape index (κ2) is 5.13. The fourth-order valence-corrected chi connectivity index (χ4v) is 1.64. The number of hydrogen-bond acceptors (Lipinski definition) is 5. The smallest absolute Gasteiger partial charge is 0.199 e. The highest BCUT2D eigenvalue weighted by molar-refractivity contribution is 5.05. The zero-order chi connectivity index (χ0) is 14.0. The van der Waals surface area contributed by atoms with Crippen LogP contribution in [0.2, 0.25) is 0 Å². The van der Waals surface area contributed by atoms with E-state index in [9.17, 15) is 5.11 Å². The first kappa shape index (κ1) is 13.7. The van der Waals surface area contributed by atoms with E-state index in [1.165, 1.54) is 0 Å². The molecule has 19 heavy (non-hydrogen) atoms. The van der Waals surface area contributed by atoms with Gasteiger partial charge >= 0.3 is 0 Å². The first-order chi connectivity index (χ1) is 8.90. The Hall–Kier alpha value is -1.69. The van der Waals surface area contributed by atoms with E-state index in [4.69, 9.17) is 4.42 Å². The molecule has 104 valence electrons. The van der Waals surface area contributed by atoms with Gasteiger partial charge in [0.1, 0.15) is 17.7 Å². The second-order valence-electron chi connectivity index (χ2n) is 5.66. The highest BCUT2D eigenvalue weighted by Gasteiger charge is 2.20. The molecule has 0 saturated heterocycles. The van der Waals surface area contributed by atoms with Crippen molar-refractivity contribution < 1.29 is 9.52 Å². The molecule has 2 rings (SSSR count). The van der Waals surface area contributed by atoms with Crippen LogP contribution in [0.1, 0.15) is 57.5 Å². The van der Waals surface area contributed by atoms with Crippen molar-refractivity contribution in [3.8, 4) is 0 Å². The predicted octanol–water partition coefficient (Wildman–Crippen LogP) is 2.06. The van der Waals surface area contributed by atoms with Gasteiger partial charge in [-0.1, -0.05) is 32.9 Å². The molecule has 2 aromatic rings. The number of hydrogen-bond donors (Lipinski definition) is 1. The van der Waals surface area contributed by atoms with Crippen molar-refractivity contribution in [3.05, 3.63) is 29.7 Å². The van der Waals surface area contributed by atoms with Crippen LogP contribution in [0.3, 0.4) is 0 Å². The molecule has 1 N–H and O–H groups in total. The summed E-state index contributed by atoms with van der Waals surface area (Å²) < 4.78 is 7.11. The largest absolute Gasteiger partial charge is 0.448 e. The Morgan fingerprint density at radius 1 is 1.42 bits per heavy atom. The van der Waals surface area contributed by atoms with Gasteiger partial charge in [0.2, 0.25) is 0 Å². The molecular formula is C13H20N4O2. The van der Waals surface area contributed by atoms with Gasteiger partial charge in [-0.05, 0) is 6.42 Å². The number of aliphatic hydroxyl groups excluding tert-OH is 1. The van der Waals surface area contributed by atoms with Gasteiger partial charge in [-0.3, -0.25) is 0 Å². The molecular weight excluding hydrogens is 244 g/mol. The topological polar surface area (TPSA) is 77.0 Å². The maximum atomic E-state index is 9.67. The number of oxazole rings is 1. The molecule has 0 aliphatic carbocycles. The van der Waals surface area contributed by atoms with Crippen molar-refractivity contribution in [1.82, 2.24) is 20.0 Å². The number of nitrogens with zero attached hydrogens (tertiary/aromatic N) is 4. The normalized spacial score (nSPS) is 13.7. The van der Waals surface area contributed by atoms with E-state index < -0.39 is 6.10 Å². The molecule has 0 aromatic carbocycles. The van der Waals surface area contributed by atoms with E-state index in [-0.39, 0.29) is 5.41 Å². The molecule has 0 saturated carbocycles. The zero-order valence-electron chi connectivity index (χ0n) is 11.8. The third kappa shape index (κ3) is 3.20. The van der Waals surface area contributed by atoms with E-state index >= 15 is 0 Å². The van der Waals surface area contributed by atoms with Gasteiger partial charge in [-0.2, -0.15) is 0 Å². The molecule has 0 radical (unpaired) electrons. The minimum Gasteiger partial charge on any atom is -0.448 e. The third-order valence-electron chi connectivity index (χ3n) is 2.80. The van der Waals surface area contributed by atoms with E-state index in [2.05, 4.69) is 15.3 Å². The molecule has 2 aromatic heterocycles. The molecule has 0 amide bonds. The van der Waals surface area contributed by atoms with Gasteiger partial charge in [0.15, 0.2) is 5.89 Å². The summed E-state index contributed by atoms with van der Waals surface area (Å²) in [6.45, 7) is 8.54. The van der Waals surface area contributed by atoms with Crippen molar-refractivity contribution in [3.63, 3.8) is 0 Å². The summed E-state index contributed by atoms with van der Waals surface area (Å²) in [6.07, 6.45) is 3.44. The van der Waals surface area contributed by atoms with Crippen LogP contribution in [-0.4, -0.2) is 25.1 Å². The lowest BCUT2D eigenvalue weighted by Gasteiger charge is -2.11. The Bertz CT molecular complexity index is 539. The first-order valence-corrected chi connectivity index (χ1v) is 6.43. The van der Waals surface area contributed by atoms with Crippen LogP contribution in [-0.2, 0) is 12.0 Å². The maximum absolute atomic E-state index is 9.67. The summed E-state index contributed by atoms with van der Waals surface area (Å²) >= 11 is 0. The van der Waals surface area contributed by atoms with Crippen molar-refractivity contribution >= 4 is 0 Å². The van der Waals surface area contributed by atoms with Crippen molar-refractivity contribution in [2.75, 3.05) is 0 Å². The fourth-order valence-electron chi connectivity index (χ4n) is 1.64. The van der Waals surface area contributed by atoms with Gasteiger partial charge in [-0.25, -0.2) is 9.67 Å². The highest BCUT2D eigenvalue weighted by Crippen LogP contribution is 2.21. The van der Waals surface area contributed by atoms with Gasteiger partial charge < -0.3 is 9.52 Å². The summed E-state index contributed by atoms with van der Waals surface area (Å²) in [5, 5.41) is 17.6. The fraction of sp³-hybridized carbons (Fsp3) is 0.615. The molecule has 6 heteroatoms. The number of aromatic nitrogens is 4. The van der Waals surface area contributed by atoms with Crippen LogP contribution in [0.25, 0.3) is 0 Å². The molecule has 0 bridgehead atoms. The third-order valence-corrected chi connectivity index (χ3v) is 2.80. The molecule has 0 fully saturated rings. The van der Waals surface area contributed by atoms with Gasteiger partial charge in [-0.15, -0.1) is 5.10 Å². The standard InChI is InChI=1S/C13H20N4O2/c1-5-11(18)10-7-17(16-15-10)6-9-8-19-12(14-9)13(2,3)4/h7-8,11,18H,5-6H2,1-4H3. The lowest BCUT2D eigenvalue weighted by molar-refractivity contribution is 0.168. The van der Waals surface area contributed by atoms with Crippen LogP contribution in [0, 0.1) is 0 Å². The second-order valence-corrected chi connectivity index (χ2v) is 5.66. The monoisotopic (exact) mass is 264 g/mol. The van der Waals surface area contributed by atoms with Gasteiger partial charge in [0.05, 0.1) is 18.8 Å². The summed E-state index contributed by atoms with van der Waals surface area (Å²) in [5.74, 6) is 0.705. The number of rotatable bonds is 4. The molecule has 6 nitrogen and oxygen atoms in total. The predicted molar refractivity (Wildman–Crippen MR) is 69.6 cm³/mol. The van der Waals surface area contributed by atoms with Gasteiger partial charge in [0.25, 0.3) is 0 Å². The highest BCUT2D eigenvalue weighted by atomic mass is 16.3. The van der Waals surface area contributed by atoms with E-state index in [1.807, 2.05) is 27.7 Å². The lowest BCUT2D eigenvalue weighted by atomic mass is 9.97. The van der Waals surface area contributed by atoms with Crippen molar-refractivity contribution in [2.45, 2.75) is 52.2 Å². The quantitative estimate of drug-likeness (QED) is 0.914. The Balaban J connectivity index is 2.09. The minimum atomic E-state index is -0.559. The van der Waals surface area contributed by atoms with E-state index in [0.29, 0.717) is 24.6 Å². The van der Waals surface area contributed by atoms with Crippen LogP contribution >= 0.6 is 0 Å². The van der Waals surface area contributed by atoms with E-state index in [1.54, 1.807) is 17.1 Å². The Morgan fingerprint density at radius 2 is 2.16 bits per heavy atom. The molecule has 1 unspecified atom stereocenters. The number of aliphatic hydroxyl groups is 1. The Kier molecular flexibility index (Phi) is 3.71. The van der Waals surface area contributed by atoms with E-state index in [0.717, 1.165) is 5.69 Å². The first-order valence-electron chi connectivity index (χ1n) is 6.43. The molecule has 2 heterocycles.